The maximum Gasteiger partial charge on any atom is 0.130 e. The number of halogens is 1. The zero-order chi connectivity index (χ0) is 14.8. The van der Waals surface area contributed by atoms with Crippen LogP contribution in [0.4, 0.5) is 0 Å². The zero-order valence-electron chi connectivity index (χ0n) is 13.0. The van der Waals surface area contributed by atoms with E-state index in [2.05, 4.69) is 44.7 Å². The van der Waals surface area contributed by atoms with Gasteiger partial charge in [-0.3, -0.25) is 4.68 Å². The fourth-order valence-corrected chi connectivity index (χ4v) is 2.19. The van der Waals surface area contributed by atoms with Gasteiger partial charge in [0.25, 0.3) is 0 Å². The molecule has 108 valence electrons. The Bertz CT molecular complexity index is 457. The highest BCUT2D eigenvalue weighted by Gasteiger charge is 2.26. The van der Waals surface area contributed by atoms with Gasteiger partial charge in [-0.05, 0) is 34.1 Å². The van der Waals surface area contributed by atoms with Crippen LogP contribution in [0.3, 0.4) is 0 Å². The number of hydrogen-bond donors (Lipinski definition) is 1. The number of rotatable bonds is 5. The molecule has 0 amide bonds. The number of aromatic nitrogens is 2. The summed E-state index contributed by atoms with van der Waals surface area (Å²) < 4.78 is 1.73. The summed E-state index contributed by atoms with van der Waals surface area (Å²) in [6.07, 6.45) is 2.85. The van der Waals surface area contributed by atoms with Crippen LogP contribution in [0.25, 0.3) is 0 Å². The standard InChI is InChI=1S/C15H26ClN3/c1-8-15(6,10-17-14(3,4)5)9-12-11(2)18-19(7)13(12)16/h8,17H,1,9-10H2,2-7H3. The van der Waals surface area contributed by atoms with Gasteiger partial charge in [0.2, 0.25) is 0 Å². The highest BCUT2D eigenvalue weighted by Crippen LogP contribution is 2.29. The molecular formula is C15H26ClN3. The third kappa shape index (κ3) is 4.36. The average molecular weight is 284 g/mol. The Kier molecular flexibility index (Phi) is 4.86. The van der Waals surface area contributed by atoms with Crippen molar-refractivity contribution in [1.29, 1.82) is 0 Å². The predicted octanol–water partition coefficient (Wildman–Crippen LogP) is 3.50. The molecule has 0 aliphatic carbocycles. The Hall–Kier alpha value is -0.800. The number of nitrogens with zero attached hydrogens (tertiary/aromatic N) is 2. The lowest BCUT2D eigenvalue weighted by atomic mass is 9.83. The van der Waals surface area contributed by atoms with E-state index < -0.39 is 0 Å². The maximum atomic E-state index is 6.31. The fraction of sp³-hybridized carbons (Fsp3) is 0.667. The highest BCUT2D eigenvalue weighted by atomic mass is 35.5. The van der Waals surface area contributed by atoms with Crippen molar-refractivity contribution in [2.75, 3.05) is 6.54 Å². The van der Waals surface area contributed by atoms with Crippen molar-refractivity contribution in [1.82, 2.24) is 15.1 Å². The summed E-state index contributed by atoms with van der Waals surface area (Å²) in [5, 5.41) is 8.63. The fourth-order valence-electron chi connectivity index (χ4n) is 1.95. The second-order valence-electron chi connectivity index (χ2n) is 6.62. The molecule has 0 saturated heterocycles. The molecule has 0 aliphatic heterocycles. The first kappa shape index (κ1) is 16.3. The Morgan fingerprint density at radius 1 is 1.37 bits per heavy atom. The molecule has 1 unspecified atom stereocenters. The van der Waals surface area contributed by atoms with Crippen molar-refractivity contribution >= 4 is 11.6 Å². The van der Waals surface area contributed by atoms with Gasteiger partial charge in [-0.2, -0.15) is 5.10 Å². The molecule has 1 heterocycles. The molecule has 1 aromatic heterocycles. The summed E-state index contributed by atoms with van der Waals surface area (Å²) in [7, 11) is 1.87. The van der Waals surface area contributed by atoms with Crippen LogP contribution in [-0.4, -0.2) is 21.9 Å². The van der Waals surface area contributed by atoms with Crippen LogP contribution in [0.2, 0.25) is 5.15 Å². The molecule has 0 bridgehead atoms. The van der Waals surface area contributed by atoms with Gasteiger partial charge < -0.3 is 5.32 Å². The van der Waals surface area contributed by atoms with E-state index in [1.165, 1.54) is 0 Å². The Balaban J connectivity index is 2.89. The van der Waals surface area contributed by atoms with E-state index in [1.54, 1.807) is 4.68 Å². The first-order valence-electron chi connectivity index (χ1n) is 6.64. The van der Waals surface area contributed by atoms with Gasteiger partial charge in [-0.1, -0.05) is 24.6 Å². The molecule has 1 aromatic rings. The molecule has 3 nitrogen and oxygen atoms in total. The number of aryl methyl sites for hydroxylation is 2. The summed E-state index contributed by atoms with van der Waals surface area (Å²) in [5.74, 6) is 0. The molecule has 1 rings (SSSR count). The van der Waals surface area contributed by atoms with Crippen LogP contribution in [0, 0.1) is 12.3 Å². The molecule has 1 atom stereocenters. The van der Waals surface area contributed by atoms with Crippen molar-refractivity contribution in [3.05, 3.63) is 29.1 Å². The summed E-state index contributed by atoms with van der Waals surface area (Å²) in [4.78, 5) is 0. The molecule has 1 N–H and O–H groups in total. The second kappa shape index (κ2) is 5.68. The van der Waals surface area contributed by atoms with Gasteiger partial charge in [0, 0.05) is 30.1 Å². The molecule has 0 fully saturated rings. The van der Waals surface area contributed by atoms with E-state index in [1.807, 2.05) is 20.0 Å². The van der Waals surface area contributed by atoms with Crippen molar-refractivity contribution in [3.8, 4) is 0 Å². The van der Waals surface area contributed by atoms with Crippen molar-refractivity contribution in [3.63, 3.8) is 0 Å². The van der Waals surface area contributed by atoms with Crippen LogP contribution < -0.4 is 5.32 Å². The molecule has 0 saturated carbocycles. The summed E-state index contributed by atoms with van der Waals surface area (Å²) in [5.41, 5.74) is 2.17. The normalized spacial score (nSPS) is 15.3. The minimum atomic E-state index is -0.0370. The second-order valence-corrected chi connectivity index (χ2v) is 6.97. The first-order chi connectivity index (χ1) is 8.58. The average Bonchev–Trinajstić information content (AvgIpc) is 2.53. The van der Waals surface area contributed by atoms with Crippen LogP contribution in [0.5, 0.6) is 0 Å². The van der Waals surface area contributed by atoms with Crippen molar-refractivity contribution in [2.24, 2.45) is 12.5 Å². The summed E-state index contributed by atoms with van der Waals surface area (Å²) >= 11 is 6.31. The predicted molar refractivity (Wildman–Crippen MR) is 82.7 cm³/mol. The molecule has 0 spiro atoms. The molecule has 0 aromatic carbocycles. The van der Waals surface area contributed by atoms with E-state index in [4.69, 9.17) is 11.6 Å². The zero-order valence-corrected chi connectivity index (χ0v) is 13.7. The van der Waals surface area contributed by atoms with Gasteiger partial charge in [-0.15, -0.1) is 6.58 Å². The number of nitrogens with one attached hydrogen (secondary N) is 1. The number of hydrogen-bond acceptors (Lipinski definition) is 2. The first-order valence-corrected chi connectivity index (χ1v) is 7.02. The lowest BCUT2D eigenvalue weighted by molar-refractivity contribution is 0.322. The lowest BCUT2D eigenvalue weighted by Gasteiger charge is -2.31. The van der Waals surface area contributed by atoms with Gasteiger partial charge >= 0.3 is 0 Å². The van der Waals surface area contributed by atoms with Crippen LogP contribution in [0.1, 0.15) is 39.0 Å². The van der Waals surface area contributed by atoms with Crippen molar-refractivity contribution < 1.29 is 0 Å². The SMILES string of the molecule is C=CC(C)(CNC(C)(C)C)Cc1c(C)nn(C)c1Cl. The van der Waals surface area contributed by atoms with Crippen LogP contribution in [-0.2, 0) is 13.5 Å². The van der Waals surface area contributed by atoms with Crippen LogP contribution >= 0.6 is 11.6 Å². The topological polar surface area (TPSA) is 29.9 Å². The Morgan fingerprint density at radius 2 is 1.95 bits per heavy atom. The van der Waals surface area contributed by atoms with E-state index in [0.717, 1.165) is 29.4 Å². The smallest absolute Gasteiger partial charge is 0.130 e. The summed E-state index contributed by atoms with van der Waals surface area (Å²) in [6.45, 7) is 15.5. The van der Waals surface area contributed by atoms with Gasteiger partial charge in [0.15, 0.2) is 0 Å². The van der Waals surface area contributed by atoms with E-state index >= 15 is 0 Å². The van der Waals surface area contributed by atoms with Gasteiger partial charge in [0.05, 0.1) is 5.69 Å². The van der Waals surface area contributed by atoms with Gasteiger partial charge in [0.1, 0.15) is 5.15 Å². The minimum Gasteiger partial charge on any atom is -0.311 e. The molecule has 0 aliphatic rings. The molecule has 19 heavy (non-hydrogen) atoms. The molecule has 4 heteroatoms. The minimum absolute atomic E-state index is 0.0370. The lowest BCUT2D eigenvalue weighted by Crippen LogP contribution is -2.43. The Morgan fingerprint density at radius 3 is 2.32 bits per heavy atom. The monoisotopic (exact) mass is 283 g/mol. The summed E-state index contributed by atoms with van der Waals surface area (Å²) in [6, 6.07) is 0. The molecule has 0 radical (unpaired) electrons. The molecular weight excluding hydrogens is 258 g/mol. The van der Waals surface area contributed by atoms with Crippen molar-refractivity contribution in [2.45, 2.75) is 46.6 Å². The third-order valence-electron chi connectivity index (χ3n) is 3.37. The van der Waals surface area contributed by atoms with E-state index in [9.17, 15) is 0 Å². The third-order valence-corrected chi connectivity index (χ3v) is 3.84. The van der Waals surface area contributed by atoms with E-state index in [-0.39, 0.29) is 11.0 Å². The van der Waals surface area contributed by atoms with Crippen LogP contribution in [0.15, 0.2) is 12.7 Å². The van der Waals surface area contributed by atoms with E-state index in [0.29, 0.717) is 0 Å². The van der Waals surface area contributed by atoms with Gasteiger partial charge in [-0.25, -0.2) is 0 Å². The Labute approximate surface area is 122 Å². The highest BCUT2D eigenvalue weighted by molar-refractivity contribution is 6.30. The quantitative estimate of drug-likeness (QED) is 0.838. The maximum absolute atomic E-state index is 6.31. The largest absolute Gasteiger partial charge is 0.311 e.